The van der Waals surface area contributed by atoms with Gasteiger partial charge in [-0.3, -0.25) is 10.1 Å². The lowest BCUT2D eigenvalue weighted by atomic mass is 10.1. The number of anilines is 1. The molecule has 0 aliphatic rings. The number of carbonyl (C=O) groups excluding carboxylic acids is 1. The number of ether oxygens (including phenoxy) is 3. The number of methoxy groups -OCH3 is 1. The summed E-state index contributed by atoms with van der Waals surface area (Å²) in [6.07, 6.45) is 3.08. The Labute approximate surface area is 192 Å². The van der Waals surface area contributed by atoms with E-state index in [2.05, 4.69) is 26.2 Å². The van der Waals surface area contributed by atoms with Crippen LogP contribution in [0.1, 0.15) is 5.56 Å². The van der Waals surface area contributed by atoms with Crippen molar-refractivity contribution in [1.82, 2.24) is 4.98 Å². The van der Waals surface area contributed by atoms with Crippen LogP contribution in [0.3, 0.4) is 0 Å². The lowest BCUT2D eigenvalue weighted by molar-refractivity contribution is -0.112. The van der Waals surface area contributed by atoms with Crippen LogP contribution in [0.4, 0.5) is 5.13 Å². The average molecular weight is 500 g/mol. The molecule has 158 valence electrons. The van der Waals surface area contributed by atoms with E-state index in [1.807, 2.05) is 24.3 Å². The molecule has 1 aromatic heterocycles. The number of thiazole rings is 1. The Balaban J connectivity index is 1.56. The fourth-order valence-electron chi connectivity index (χ4n) is 2.49. The minimum Gasteiger partial charge on any atom is -0.497 e. The van der Waals surface area contributed by atoms with Crippen LogP contribution in [-0.4, -0.2) is 31.2 Å². The molecule has 7 nitrogen and oxygen atoms in total. The van der Waals surface area contributed by atoms with Gasteiger partial charge in [0.25, 0.3) is 5.91 Å². The first kappa shape index (κ1) is 22.3. The van der Waals surface area contributed by atoms with Crippen LogP contribution >= 0.6 is 27.3 Å². The van der Waals surface area contributed by atoms with Gasteiger partial charge in [-0.15, -0.1) is 11.3 Å². The second-order valence-corrected chi connectivity index (χ2v) is 7.78. The highest BCUT2D eigenvalue weighted by Crippen LogP contribution is 2.27. The lowest BCUT2D eigenvalue weighted by Crippen LogP contribution is -2.13. The standard InChI is InChI=1S/C22H18BrN3O4S/c1-28-17-3-2-4-18(13-17)29-8-9-30-20-6-5-15(12-19(20)23)11-16(14-24)21(27)26-22-25-7-10-31-22/h2-7,10-13H,8-9H2,1H3,(H,25,26,27). The van der Waals surface area contributed by atoms with Gasteiger partial charge in [-0.05, 0) is 51.8 Å². The summed E-state index contributed by atoms with van der Waals surface area (Å²) in [5.41, 5.74) is 0.653. The van der Waals surface area contributed by atoms with Crippen LogP contribution in [0.15, 0.2) is 64.1 Å². The Morgan fingerprint density at radius 1 is 1.23 bits per heavy atom. The highest BCUT2D eigenvalue weighted by atomic mass is 79.9. The molecule has 0 unspecified atom stereocenters. The van der Waals surface area contributed by atoms with Gasteiger partial charge in [0, 0.05) is 17.6 Å². The van der Waals surface area contributed by atoms with Gasteiger partial charge in [0.05, 0.1) is 11.6 Å². The summed E-state index contributed by atoms with van der Waals surface area (Å²) in [6.45, 7) is 0.696. The third kappa shape index (κ3) is 6.57. The number of nitrogens with one attached hydrogen (secondary N) is 1. The van der Waals surface area contributed by atoms with Gasteiger partial charge in [0.1, 0.15) is 42.1 Å². The third-order valence-electron chi connectivity index (χ3n) is 3.94. The second kappa shape index (κ2) is 11.2. The van der Waals surface area contributed by atoms with E-state index >= 15 is 0 Å². The van der Waals surface area contributed by atoms with Crippen molar-refractivity contribution in [2.45, 2.75) is 0 Å². The maximum Gasteiger partial charge on any atom is 0.268 e. The molecule has 3 rings (SSSR count). The molecule has 0 saturated heterocycles. The smallest absolute Gasteiger partial charge is 0.268 e. The monoisotopic (exact) mass is 499 g/mol. The maximum atomic E-state index is 12.2. The predicted molar refractivity (Wildman–Crippen MR) is 122 cm³/mol. The highest BCUT2D eigenvalue weighted by molar-refractivity contribution is 9.10. The van der Waals surface area contributed by atoms with Crippen molar-refractivity contribution >= 4 is 44.4 Å². The van der Waals surface area contributed by atoms with E-state index in [4.69, 9.17) is 14.2 Å². The summed E-state index contributed by atoms with van der Waals surface area (Å²) >= 11 is 4.74. The topological polar surface area (TPSA) is 93.5 Å². The van der Waals surface area contributed by atoms with E-state index in [1.54, 1.807) is 43.0 Å². The number of rotatable bonds is 9. The molecule has 0 atom stereocenters. The van der Waals surface area contributed by atoms with Gasteiger partial charge < -0.3 is 14.2 Å². The summed E-state index contributed by atoms with van der Waals surface area (Å²) in [7, 11) is 1.60. The van der Waals surface area contributed by atoms with Crippen molar-refractivity contribution in [3.05, 3.63) is 69.7 Å². The van der Waals surface area contributed by atoms with Crippen LogP contribution in [0.5, 0.6) is 17.2 Å². The summed E-state index contributed by atoms with van der Waals surface area (Å²) in [5.74, 6) is 1.53. The summed E-state index contributed by atoms with van der Waals surface area (Å²) < 4.78 is 17.3. The number of nitrogens with zero attached hydrogens (tertiary/aromatic N) is 2. The van der Waals surface area contributed by atoms with Gasteiger partial charge >= 0.3 is 0 Å². The Morgan fingerprint density at radius 2 is 2.03 bits per heavy atom. The van der Waals surface area contributed by atoms with E-state index < -0.39 is 5.91 Å². The van der Waals surface area contributed by atoms with Crippen molar-refractivity contribution < 1.29 is 19.0 Å². The van der Waals surface area contributed by atoms with E-state index in [9.17, 15) is 10.1 Å². The number of aromatic nitrogens is 1. The molecule has 0 bridgehead atoms. The first-order chi connectivity index (χ1) is 15.1. The van der Waals surface area contributed by atoms with Gasteiger partial charge in [-0.1, -0.05) is 12.1 Å². The van der Waals surface area contributed by atoms with Gasteiger partial charge in [0.15, 0.2) is 5.13 Å². The molecule has 2 aromatic carbocycles. The number of carbonyl (C=O) groups is 1. The Bertz CT molecular complexity index is 1110. The predicted octanol–water partition coefficient (Wildman–Crippen LogP) is 4.92. The molecule has 31 heavy (non-hydrogen) atoms. The van der Waals surface area contributed by atoms with Crippen LogP contribution in [-0.2, 0) is 4.79 Å². The summed E-state index contributed by atoms with van der Waals surface area (Å²) in [5, 5.41) is 14.1. The molecule has 0 aliphatic heterocycles. The van der Waals surface area contributed by atoms with Crippen molar-refractivity contribution in [3.63, 3.8) is 0 Å². The van der Waals surface area contributed by atoms with Gasteiger partial charge in [-0.2, -0.15) is 5.26 Å². The van der Waals surface area contributed by atoms with Gasteiger partial charge in [0.2, 0.25) is 0 Å². The van der Waals surface area contributed by atoms with Crippen molar-refractivity contribution in [2.75, 3.05) is 25.6 Å². The molecule has 1 amide bonds. The Hall–Kier alpha value is -3.35. The zero-order valence-electron chi connectivity index (χ0n) is 16.5. The highest BCUT2D eigenvalue weighted by Gasteiger charge is 2.11. The zero-order chi connectivity index (χ0) is 22.1. The van der Waals surface area contributed by atoms with E-state index in [1.165, 1.54) is 17.4 Å². The fourth-order valence-corrected chi connectivity index (χ4v) is 3.53. The summed E-state index contributed by atoms with van der Waals surface area (Å²) in [6, 6.07) is 14.5. The molecule has 1 heterocycles. The van der Waals surface area contributed by atoms with Crippen LogP contribution < -0.4 is 19.5 Å². The molecule has 0 aliphatic carbocycles. The van der Waals surface area contributed by atoms with Crippen molar-refractivity contribution in [2.24, 2.45) is 0 Å². The largest absolute Gasteiger partial charge is 0.497 e. The summed E-state index contributed by atoms with van der Waals surface area (Å²) in [4.78, 5) is 16.2. The zero-order valence-corrected chi connectivity index (χ0v) is 18.9. The molecule has 0 fully saturated rings. The number of halogens is 1. The molecule has 1 N–H and O–H groups in total. The molecule has 9 heteroatoms. The van der Waals surface area contributed by atoms with Crippen molar-refractivity contribution in [3.8, 4) is 23.3 Å². The van der Waals surface area contributed by atoms with E-state index in [0.717, 1.165) is 5.75 Å². The molecule has 3 aromatic rings. The minimum atomic E-state index is -0.511. The Kier molecular flexibility index (Phi) is 8.04. The fraction of sp³-hybridized carbons (Fsp3) is 0.136. The molecular formula is C22H18BrN3O4S. The van der Waals surface area contributed by atoms with Crippen LogP contribution in [0, 0.1) is 11.3 Å². The number of hydrogen-bond donors (Lipinski definition) is 1. The maximum absolute atomic E-state index is 12.2. The normalized spacial score (nSPS) is 10.8. The molecule has 0 spiro atoms. The van der Waals surface area contributed by atoms with E-state index in [0.29, 0.717) is 39.9 Å². The second-order valence-electron chi connectivity index (χ2n) is 6.03. The third-order valence-corrected chi connectivity index (χ3v) is 5.24. The number of benzene rings is 2. The van der Waals surface area contributed by atoms with Crippen molar-refractivity contribution in [1.29, 1.82) is 5.26 Å². The molecule has 0 radical (unpaired) electrons. The first-order valence-electron chi connectivity index (χ1n) is 9.11. The number of hydrogen-bond acceptors (Lipinski definition) is 7. The van der Waals surface area contributed by atoms with Crippen LogP contribution in [0.25, 0.3) is 6.08 Å². The Morgan fingerprint density at radius 3 is 2.74 bits per heavy atom. The average Bonchev–Trinajstić information content (AvgIpc) is 3.29. The first-order valence-corrected chi connectivity index (χ1v) is 10.8. The quantitative estimate of drug-likeness (QED) is 0.255. The molecular weight excluding hydrogens is 482 g/mol. The van der Waals surface area contributed by atoms with E-state index in [-0.39, 0.29) is 5.57 Å². The van der Waals surface area contributed by atoms with Gasteiger partial charge in [-0.25, -0.2) is 4.98 Å². The number of nitriles is 1. The minimum absolute atomic E-state index is 0.0255. The SMILES string of the molecule is COc1cccc(OCCOc2ccc(C=C(C#N)C(=O)Nc3nccs3)cc2Br)c1. The molecule has 0 saturated carbocycles. The lowest BCUT2D eigenvalue weighted by Gasteiger charge is -2.11. The number of amides is 1. The van der Waals surface area contributed by atoms with Crippen LogP contribution in [0.2, 0.25) is 0 Å².